The summed E-state index contributed by atoms with van der Waals surface area (Å²) in [4.78, 5) is 6.76. The third-order valence-electron chi connectivity index (χ3n) is 3.91. The highest BCUT2D eigenvalue weighted by Crippen LogP contribution is 2.18. The normalized spacial score (nSPS) is 11.3. The summed E-state index contributed by atoms with van der Waals surface area (Å²) < 4.78 is 2.13. The van der Waals surface area contributed by atoms with Gasteiger partial charge in [0, 0.05) is 14.1 Å². The van der Waals surface area contributed by atoms with E-state index in [0.29, 0.717) is 12.5 Å². The topological polar surface area (TPSA) is 46.8 Å². The average molecular weight is 295 g/mol. The van der Waals surface area contributed by atoms with Gasteiger partial charge in [0.25, 0.3) is 0 Å². The minimum Gasteiger partial charge on any atom is -0.351 e. The zero-order valence-electron chi connectivity index (χ0n) is 13.5. The van der Waals surface area contributed by atoms with E-state index in [2.05, 4.69) is 39.6 Å². The maximum Gasteiger partial charge on any atom is 0.151 e. The Kier molecular flexibility index (Phi) is 3.79. The second-order valence-electron chi connectivity index (χ2n) is 5.90. The summed E-state index contributed by atoms with van der Waals surface area (Å²) in [5.74, 6) is 2.27. The van der Waals surface area contributed by atoms with Gasteiger partial charge in [-0.15, -0.1) is 5.10 Å². The number of imidazole rings is 1. The lowest BCUT2D eigenvalue weighted by molar-refractivity contribution is 0.744. The zero-order chi connectivity index (χ0) is 15.7. The van der Waals surface area contributed by atoms with Crippen molar-refractivity contribution in [1.29, 1.82) is 0 Å². The fraction of sp³-hybridized carbons (Fsp3) is 0.353. The summed E-state index contributed by atoms with van der Waals surface area (Å²) in [5.41, 5.74) is 3.18. The number of rotatable bonds is 4. The maximum atomic E-state index is 4.70. The van der Waals surface area contributed by atoms with Crippen LogP contribution < -0.4 is 4.90 Å². The monoisotopic (exact) mass is 295 g/mol. The van der Waals surface area contributed by atoms with Crippen molar-refractivity contribution in [3.8, 4) is 0 Å². The Labute approximate surface area is 130 Å². The van der Waals surface area contributed by atoms with Crippen molar-refractivity contribution in [3.05, 3.63) is 47.9 Å². The molecule has 2 aromatic heterocycles. The summed E-state index contributed by atoms with van der Waals surface area (Å²) in [5, 5.41) is 8.61. The number of fused-ring (bicyclic) bond motifs is 1. The molecule has 3 rings (SSSR count). The van der Waals surface area contributed by atoms with Gasteiger partial charge in [-0.1, -0.05) is 26.0 Å². The fourth-order valence-electron chi connectivity index (χ4n) is 2.48. The molecule has 0 amide bonds. The Bertz CT molecular complexity index is 773. The molecule has 3 aromatic rings. The van der Waals surface area contributed by atoms with Gasteiger partial charge in [0.15, 0.2) is 5.82 Å². The standard InChI is InChI=1S/C17H21N5/c1-12(2)13-9-10-16(20-19-13)21(3)11-17-18-14-7-5-6-8-15(14)22(17)4/h5-10,12H,11H2,1-4H3. The number of anilines is 1. The molecule has 0 aliphatic carbocycles. The number of hydrogen-bond acceptors (Lipinski definition) is 4. The second-order valence-corrected chi connectivity index (χ2v) is 5.90. The first-order valence-electron chi connectivity index (χ1n) is 7.51. The van der Waals surface area contributed by atoms with Gasteiger partial charge in [-0.2, -0.15) is 5.10 Å². The van der Waals surface area contributed by atoms with Crippen LogP contribution in [-0.4, -0.2) is 26.8 Å². The Morgan fingerprint density at radius 3 is 2.50 bits per heavy atom. The van der Waals surface area contributed by atoms with Gasteiger partial charge in [0.1, 0.15) is 5.82 Å². The minimum absolute atomic E-state index is 0.395. The first kappa shape index (κ1) is 14.5. The third kappa shape index (κ3) is 2.66. The predicted octanol–water partition coefficient (Wildman–Crippen LogP) is 3.12. The molecule has 0 atom stereocenters. The van der Waals surface area contributed by atoms with E-state index in [-0.39, 0.29) is 0 Å². The lowest BCUT2D eigenvalue weighted by Crippen LogP contribution is -2.20. The molecule has 0 saturated heterocycles. The van der Waals surface area contributed by atoms with Crippen LogP contribution in [0.4, 0.5) is 5.82 Å². The minimum atomic E-state index is 0.395. The van der Waals surface area contributed by atoms with E-state index in [1.54, 1.807) is 0 Å². The predicted molar refractivity (Wildman–Crippen MR) is 88.9 cm³/mol. The van der Waals surface area contributed by atoms with E-state index in [4.69, 9.17) is 4.98 Å². The van der Waals surface area contributed by atoms with Crippen LogP contribution in [0.2, 0.25) is 0 Å². The molecule has 22 heavy (non-hydrogen) atoms. The summed E-state index contributed by atoms with van der Waals surface area (Å²) in [6, 6.07) is 12.2. The molecule has 0 aliphatic heterocycles. The summed E-state index contributed by atoms with van der Waals surface area (Å²) >= 11 is 0. The van der Waals surface area contributed by atoms with Crippen LogP contribution in [0.15, 0.2) is 36.4 Å². The Balaban J connectivity index is 1.83. The molecule has 0 spiro atoms. The van der Waals surface area contributed by atoms with E-state index in [0.717, 1.165) is 28.4 Å². The maximum absolute atomic E-state index is 4.70. The molecule has 0 saturated carbocycles. The van der Waals surface area contributed by atoms with Gasteiger partial charge >= 0.3 is 0 Å². The summed E-state index contributed by atoms with van der Waals surface area (Å²) in [6.07, 6.45) is 0. The molecular formula is C17H21N5. The molecule has 0 bridgehead atoms. The fourth-order valence-corrected chi connectivity index (χ4v) is 2.48. The number of benzene rings is 1. The number of para-hydroxylation sites is 2. The van der Waals surface area contributed by atoms with E-state index >= 15 is 0 Å². The van der Waals surface area contributed by atoms with Gasteiger partial charge in [0.2, 0.25) is 0 Å². The molecule has 2 heterocycles. The van der Waals surface area contributed by atoms with E-state index in [1.165, 1.54) is 0 Å². The molecule has 0 unspecified atom stereocenters. The zero-order valence-corrected chi connectivity index (χ0v) is 13.5. The SMILES string of the molecule is CC(C)c1ccc(N(C)Cc2nc3ccccc3n2C)nn1. The highest BCUT2D eigenvalue weighted by molar-refractivity contribution is 5.75. The Hall–Kier alpha value is -2.43. The summed E-state index contributed by atoms with van der Waals surface area (Å²) in [6.45, 7) is 4.93. The molecule has 5 heteroatoms. The number of aryl methyl sites for hydroxylation is 1. The van der Waals surface area contributed by atoms with Gasteiger partial charge in [-0.25, -0.2) is 4.98 Å². The Morgan fingerprint density at radius 2 is 1.86 bits per heavy atom. The number of aromatic nitrogens is 4. The van der Waals surface area contributed by atoms with E-state index in [1.807, 2.05) is 44.4 Å². The van der Waals surface area contributed by atoms with Crippen LogP contribution in [-0.2, 0) is 13.6 Å². The largest absolute Gasteiger partial charge is 0.351 e. The van der Waals surface area contributed by atoms with Crippen molar-refractivity contribution in [1.82, 2.24) is 19.7 Å². The van der Waals surface area contributed by atoms with Crippen molar-refractivity contribution >= 4 is 16.9 Å². The van der Waals surface area contributed by atoms with Crippen LogP contribution >= 0.6 is 0 Å². The van der Waals surface area contributed by atoms with Crippen molar-refractivity contribution in [2.75, 3.05) is 11.9 Å². The Morgan fingerprint density at radius 1 is 1.09 bits per heavy atom. The van der Waals surface area contributed by atoms with Crippen molar-refractivity contribution in [3.63, 3.8) is 0 Å². The van der Waals surface area contributed by atoms with Crippen molar-refractivity contribution in [2.24, 2.45) is 7.05 Å². The first-order valence-corrected chi connectivity index (χ1v) is 7.51. The quantitative estimate of drug-likeness (QED) is 0.742. The van der Waals surface area contributed by atoms with Crippen LogP contribution in [0.25, 0.3) is 11.0 Å². The van der Waals surface area contributed by atoms with Crippen LogP contribution in [0.5, 0.6) is 0 Å². The molecule has 5 nitrogen and oxygen atoms in total. The lowest BCUT2D eigenvalue weighted by atomic mass is 10.1. The highest BCUT2D eigenvalue weighted by atomic mass is 15.3. The lowest BCUT2D eigenvalue weighted by Gasteiger charge is -2.17. The van der Waals surface area contributed by atoms with E-state index in [9.17, 15) is 0 Å². The molecular weight excluding hydrogens is 274 g/mol. The highest BCUT2D eigenvalue weighted by Gasteiger charge is 2.11. The number of hydrogen-bond donors (Lipinski definition) is 0. The van der Waals surface area contributed by atoms with Crippen molar-refractivity contribution < 1.29 is 0 Å². The second kappa shape index (κ2) is 5.75. The average Bonchev–Trinajstić information content (AvgIpc) is 2.84. The molecule has 1 aromatic carbocycles. The third-order valence-corrected chi connectivity index (χ3v) is 3.91. The summed E-state index contributed by atoms with van der Waals surface area (Å²) in [7, 11) is 4.06. The molecule has 0 N–H and O–H groups in total. The van der Waals surface area contributed by atoms with Gasteiger partial charge in [-0.05, 0) is 30.2 Å². The van der Waals surface area contributed by atoms with Gasteiger partial charge < -0.3 is 9.47 Å². The van der Waals surface area contributed by atoms with Gasteiger partial charge in [0.05, 0.1) is 23.3 Å². The van der Waals surface area contributed by atoms with Crippen LogP contribution in [0.3, 0.4) is 0 Å². The van der Waals surface area contributed by atoms with Gasteiger partial charge in [-0.3, -0.25) is 0 Å². The van der Waals surface area contributed by atoms with Crippen molar-refractivity contribution in [2.45, 2.75) is 26.3 Å². The molecule has 0 radical (unpaired) electrons. The number of nitrogens with zero attached hydrogens (tertiary/aromatic N) is 5. The van der Waals surface area contributed by atoms with Crippen LogP contribution in [0, 0.1) is 0 Å². The smallest absolute Gasteiger partial charge is 0.151 e. The van der Waals surface area contributed by atoms with E-state index < -0.39 is 0 Å². The molecule has 0 fully saturated rings. The first-order chi connectivity index (χ1) is 10.6. The molecule has 114 valence electrons. The molecule has 0 aliphatic rings. The van der Waals surface area contributed by atoms with Crippen LogP contribution in [0.1, 0.15) is 31.3 Å².